The van der Waals surface area contributed by atoms with Gasteiger partial charge in [-0.1, -0.05) is 0 Å². The summed E-state index contributed by atoms with van der Waals surface area (Å²) < 4.78 is 52.7. The number of carbonyl (C=O) groups excluding carboxylic acids is 1. The molecule has 1 rings (SSSR count). The summed E-state index contributed by atoms with van der Waals surface area (Å²) in [6.07, 6.45) is 0.0453. The zero-order valence-electron chi connectivity index (χ0n) is 10.1. The maximum Gasteiger partial charge on any atom is 0.307 e. The molecule has 1 unspecified atom stereocenters. The Morgan fingerprint density at radius 2 is 2.11 bits per heavy atom. The van der Waals surface area contributed by atoms with Crippen molar-refractivity contribution in [2.75, 3.05) is 24.7 Å². The molecule has 1 N–H and O–H groups in total. The summed E-state index contributed by atoms with van der Waals surface area (Å²) in [5.41, 5.74) is 0. The second-order valence-corrected chi connectivity index (χ2v) is 8.29. The SMILES string of the molecule is CCOC(=O)CCNS(=O)(=O)C1CCS(=O)(=O)C1. The first-order valence-electron chi connectivity index (χ1n) is 5.61. The Morgan fingerprint density at radius 1 is 1.44 bits per heavy atom. The molecule has 1 saturated heterocycles. The van der Waals surface area contributed by atoms with Gasteiger partial charge in [-0.15, -0.1) is 0 Å². The van der Waals surface area contributed by atoms with Crippen LogP contribution in [0.1, 0.15) is 19.8 Å². The number of carbonyl (C=O) groups is 1. The van der Waals surface area contributed by atoms with E-state index < -0.39 is 31.1 Å². The van der Waals surface area contributed by atoms with E-state index in [1.807, 2.05) is 0 Å². The fourth-order valence-corrected chi connectivity index (χ4v) is 5.73. The molecule has 7 nitrogen and oxygen atoms in total. The van der Waals surface area contributed by atoms with E-state index in [0.717, 1.165) is 0 Å². The van der Waals surface area contributed by atoms with Crippen LogP contribution in [0.3, 0.4) is 0 Å². The summed E-state index contributed by atoms with van der Waals surface area (Å²) in [7, 11) is -6.92. The van der Waals surface area contributed by atoms with E-state index >= 15 is 0 Å². The summed E-state index contributed by atoms with van der Waals surface area (Å²) in [5, 5.41) is -0.912. The maximum absolute atomic E-state index is 11.7. The number of sulfonamides is 1. The lowest BCUT2D eigenvalue weighted by Gasteiger charge is -2.10. The van der Waals surface area contributed by atoms with Crippen molar-refractivity contribution in [3.63, 3.8) is 0 Å². The van der Waals surface area contributed by atoms with Crippen LogP contribution >= 0.6 is 0 Å². The van der Waals surface area contributed by atoms with Crippen LogP contribution in [0.15, 0.2) is 0 Å². The zero-order valence-corrected chi connectivity index (χ0v) is 11.7. The van der Waals surface area contributed by atoms with Gasteiger partial charge in [-0.3, -0.25) is 4.79 Å². The van der Waals surface area contributed by atoms with E-state index in [-0.39, 0.29) is 37.5 Å². The molecule has 106 valence electrons. The number of esters is 1. The van der Waals surface area contributed by atoms with Gasteiger partial charge in [0.15, 0.2) is 9.84 Å². The molecule has 0 saturated carbocycles. The Hall–Kier alpha value is -0.670. The quantitative estimate of drug-likeness (QED) is 0.633. The standard InChI is InChI=1S/C9H17NO6S2/c1-2-16-9(11)3-5-10-18(14,15)8-4-6-17(12,13)7-8/h8,10H,2-7H2,1H3. The second kappa shape index (κ2) is 5.98. The predicted octanol–water partition coefficient (Wildman–Crippen LogP) is -0.954. The Morgan fingerprint density at radius 3 is 2.61 bits per heavy atom. The molecule has 0 aromatic heterocycles. The lowest BCUT2D eigenvalue weighted by atomic mass is 10.4. The van der Waals surface area contributed by atoms with Crippen LogP contribution < -0.4 is 4.72 Å². The van der Waals surface area contributed by atoms with Gasteiger partial charge < -0.3 is 4.74 Å². The summed E-state index contributed by atoms with van der Waals surface area (Å²) in [4.78, 5) is 11.0. The minimum Gasteiger partial charge on any atom is -0.466 e. The third-order valence-electron chi connectivity index (χ3n) is 2.57. The van der Waals surface area contributed by atoms with Gasteiger partial charge in [-0.05, 0) is 13.3 Å². The monoisotopic (exact) mass is 299 g/mol. The third-order valence-corrected chi connectivity index (χ3v) is 6.43. The van der Waals surface area contributed by atoms with E-state index in [4.69, 9.17) is 0 Å². The highest BCUT2D eigenvalue weighted by molar-refractivity contribution is 7.95. The second-order valence-electron chi connectivity index (χ2n) is 4.02. The molecule has 0 amide bonds. The van der Waals surface area contributed by atoms with E-state index in [9.17, 15) is 21.6 Å². The van der Waals surface area contributed by atoms with Crippen molar-refractivity contribution in [1.29, 1.82) is 0 Å². The van der Waals surface area contributed by atoms with Crippen LogP contribution in [0.5, 0.6) is 0 Å². The molecule has 0 spiro atoms. The van der Waals surface area contributed by atoms with Crippen LogP contribution in [0.2, 0.25) is 0 Å². The lowest BCUT2D eigenvalue weighted by Crippen LogP contribution is -2.36. The maximum atomic E-state index is 11.7. The van der Waals surface area contributed by atoms with Crippen molar-refractivity contribution >= 4 is 25.8 Å². The molecular weight excluding hydrogens is 282 g/mol. The molecule has 1 atom stereocenters. The minimum absolute atomic E-state index is 0.0630. The number of hydrogen-bond acceptors (Lipinski definition) is 6. The highest BCUT2D eigenvalue weighted by Crippen LogP contribution is 2.17. The third kappa shape index (κ3) is 4.54. The smallest absolute Gasteiger partial charge is 0.307 e. The molecule has 0 bridgehead atoms. The Bertz CT molecular complexity index is 495. The molecule has 0 aromatic carbocycles. The number of ether oxygens (including phenoxy) is 1. The van der Waals surface area contributed by atoms with Crippen molar-refractivity contribution in [3.05, 3.63) is 0 Å². The summed E-state index contributed by atoms with van der Waals surface area (Å²) in [6.45, 7) is 1.83. The van der Waals surface area contributed by atoms with Crippen LogP contribution in [0.25, 0.3) is 0 Å². The average Bonchev–Trinajstić information content (AvgIpc) is 2.59. The Labute approximate surface area is 107 Å². The number of sulfone groups is 1. The minimum atomic E-state index is -3.68. The highest BCUT2D eigenvalue weighted by atomic mass is 32.2. The van der Waals surface area contributed by atoms with Gasteiger partial charge in [0.05, 0.1) is 29.8 Å². The summed E-state index contributed by atoms with van der Waals surface area (Å²) in [6, 6.07) is 0. The number of rotatable bonds is 6. The molecule has 1 aliphatic rings. The van der Waals surface area contributed by atoms with Crippen molar-refractivity contribution in [3.8, 4) is 0 Å². The van der Waals surface area contributed by atoms with Crippen molar-refractivity contribution in [2.24, 2.45) is 0 Å². The lowest BCUT2D eigenvalue weighted by molar-refractivity contribution is -0.142. The fraction of sp³-hybridized carbons (Fsp3) is 0.889. The molecule has 0 radical (unpaired) electrons. The van der Waals surface area contributed by atoms with Crippen LogP contribution in [0.4, 0.5) is 0 Å². The Balaban J connectivity index is 2.44. The van der Waals surface area contributed by atoms with Gasteiger partial charge in [-0.2, -0.15) is 0 Å². The van der Waals surface area contributed by atoms with Gasteiger partial charge in [0.1, 0.15) is 0 Å². The summed E-state index contributed by atoms with van der Waals surface area (Å²) in [5.74, 6) is -0.933. The molecule has 1 fully saturated rings. The van der Waals surface area contributed by atoms with Gasteiger partial charge >= 0.3 is 5.97 Å². The van der Waals surface area contributed by atoms with Crippen molar-refractivity contribution in [1.82, 2.24) is 4.72 Å². The first-order chi connectivity index (χ1) is 8.27. The van der Waals surface area contributed by atoms with E-state index in [1.165, 1.54) is 0 Å². The zero-order chi connectivity index (χ0) is 13.8. The van der Waals surface area contributed by atoms with E-state index in [2.05, 4.69) is 9.46 Å². The molecule has 9 heteroatoms. The fourth-order valence-electron chi connectivity index (χ4n) is 1.65. The number of hydrogen-bond donors (Lipinski definition) is 1. The van der Waals surface area contributed by atoms with Gasteiger partial charge in [0.2, 0.25) is 10.0 Å². The average molecular weight is 299 g/mol. The van der Waals surface area contributed by atoms with E-state index in [1.54, 1.807) is 6.92 Å². The summed E-state index contributed by atoms with van der Waals surface area (Å²) >= 11 is 0. The molecule has 0 aliphatic carbocycles. The van der Waals surface area contributed by atoms with Gasteiger partial charge in [0.25, 0.3) is 0 Å². The van der Waals surface area contributed by atoms with Crippen molar-refractivity contribution < 1.29 is 26.4 Å². The molecule has 18 heavy (non-hydrogen) atoms. The topological polar surface area (TPSA) is 107 Å². The van der Waals surface area contributed by atoms with Crippen LogP contribution in [-0.4, -0.2) is 52.7 Å². The largest absolute Gasteiger partial charge is 0.466 e. The first-order valence-corrected chi connectivity index (χ1v) is 8.98. The first kappa shape index (κ1) is 15.4. The normalized spacial score (nSPS) is 22.8. The van der Waals surface area contributed by atoms with Crippen molar-refractivity contribution in [2.45, 2.75) is 25.0 Å². The molecular formula is C9H17NO6S2. The molecule has 1 heterocycles. The molecule has 1 aliphatic heterocycles. The predicted molar refractivity (Wildman–Crippen MR) is 65.2 cm³/mol. The van der Waals surface area contributed by atoms with E-state index in [0.29, 0.717) is 0 Å². The van der Waals surface area contributed by atoms with Crippen LogP contribution in [-0.2, 0) is 29.4 Å². The Kier molecular flexibility index (Phi) is 5.11. The van der Waals surface area contributed by atoms with Gasteiger partial charge in [0, 0.05) is 6.54 Å². The van der Waals surface area contributed by atoms with Gasteiger partial charge in [-0.25, -0.2) is 21.6 Å². The van der Waals surface area contributed by atoms with Crippen LogP contribution in [0, 0.1) is 0 Å². The molecule has 0 aromatic rings. The highest BCUT2D eigenvalue weighted by Gasteiger charge is 2.36. The number of nitrogens with one attached hydrogen (secondary N) is 1.